The van der Waals surface area contributed by atoms with Crippen molar-refractivity contribution in [3.05, 3.63) is 37.4 Å². The summed E-state index contributed by atoms with van der Waals surface area (Å²) < 4.78 is 0.654. The van der Waals surface area contributed by atoms with Gasteiger partial charge in [-0.1, -0.05) is 11.6 Å². The summed E-state index contributed by atoms with van der Waals surface area (Å²) in [5.74, 6) is -0.648. The molecule has 0 unspecified atom stereocenters. The van der Waals surface area contributed by atoms with Crippen LogP contribution in [0.4, 0.5) is 5.00 Å². The van der Waals surface area contributed by atoms with Crippen LogP contribution in [0.25, 0.3) is 0 Å². The Hall–Kier alpha value is -1.12. The zero-order valence-corrected chi connectivity index (χ0v) is 17.7. The highest BCUT2D eigenvalue weighted by atomic mass is 35.5. The zero-order chi connectivity index (χ0) is 18.1. The first-order valence-corrected chi connectivity index (χ1v) is 10.1. The number of nitrogens with two attached hydrogens (primary N) is 1. The molecule has 0 aliphatic carbocycles. The molecule has 0 aromatic carbocycles. The maximum atomic E-state index is 12.3. The number of thiophene rings is 2. The van der Waals surface area contributed by atoms with E-state index in [2.05, 4.69) is 24.1 Å². The normalized spacial score (nSPS) is 14.0. The van der Waals surface area contributed by atoms with E-state index in [9.17, 15) is 9.59 Å². The van der Waals surface area contributed by atoms with Gasteiger partial charge < -0.3 is 11.1 Å². The number of amides is 2. The van der Waals surface area contributed by atoms with E-state index in [-0.39, 0.29) is 24.7 Å². The van der Waals surface area contributed by atoms with Gasteiger partial charge in [0, 0.05) is 28.9 Å². The minimum absolute atomic E-state index is 0. The molecule has 0 spiro atoms. The van der Waals surface area contributed by atoms with Gasteiger partial charge in [-0.2, -0.15) is 0 Å². The predicted octanol–water partition coefficient (Wildman–Crippen LogP) is 3.93. The van der Waals surface area contributed by atoms with Crippen LogP contribution in [0.2, 0.25) is 4.34 Å². The predicted molar refractivity (Wildman–Crippen MR) is 111 cm³/mol. The Kier molecular flexibility index (Phi) is 7.10. The van der Waals surface area contributed by atoms with Crippen LogP contribution in [-0.2, 0) is 24.2 Å². The smallest absolute Gasteiger partial charge is 0.251 e. The van der Waals surface area contributed by atoms with Crippen LogP contribution in [0.5, 0.6) is 0 Å². The SMILES string of the molecule is CC(C)N1CCc2c(sc(NC(=O)Cc3ccc(Cl)s3)c2C(N)=O)C1.Cl. The fourth-order valence-corrected chi connectivity index (χ4v) is 5.37. The van der Waals surface area contributed by atoms with Gasteiger partial charge in [0.15, 0.2) is 0 Å². The number of carbonyl (C=O) groups excluding carboxylic acids is 2. The van der Waals surface area contributed by atoms with Crippen LogP contribution >= 0.6 is 46.7 Å². The van der Waals surface area contributed by atoms with Crippen LogP contribution < -0.4 is 11.1 Å². The quantitative estimate of drug-likeness (QED) is 0.749. The maximum absolute atomic E-state index is 12.3. The number of nitrogens with zero attached hydrogens (tertiary/aromatic N) is 1. The highest BCUT2D eigenvalue weighted by Crippen LogP contribution is 2.37. The Morgan fingerprint density at radius 1 is 1.35 bits per heavy atom. The van der Waals surface area contributed by atoms with Crippen LogP contribution in [0.1, 0.15) is 39.5 Å². The molecule has 0 fully saturated rings. The van der Waals surface area contributed by atoms with Gasteiger partial charge in [0.25, 0.3) is 5.91 Å². The maximum Gasteiger partial charge on any atom is 0.251 e. The van der Waals surface area contributed by atoms with E-state index in [0.717, 1.165) is 34.8 Å². The minimum atomic E-state index is -0.482. The lowest BCUT2D eigenvalue weighted by atomic mass is 10.0. The van der Waals surface area contributed by atoms with E-state index in [0.29, 0.717) is 20.9 Å². The van der Waals surface area contributed by atoms with Gasteiger partial charge in [0.2, 0.25) is 5.91 Å². The Labute approximate surface area is 171 Å². The molecule has 3 rings (SSSR count). The summed E-state index contributed by atoms with van der Waals surface area (Å²) in [5.41, 5.74) is 7.06. The van der Waals surface area contributed by atoms with Gasteiger partial charge in [-0.25, -0.2) is 0 Å². The number of primary amides is 1. The third-order valence-electron chi connectivity index (χ3n) is 4.28. The van der Waals surface area contributed by atoms with Crippen LogP contribution in [0.3, 0.4) is 0 Å². The van der Waals surface area contributed by atoms with Crippen molar-refractivity contribution in [3.8, 4) is 0 Å². The molecule has 0 saturated carbocycles. The molecule has 0 saturated heterocycles. The largest absolute Gasteiger partial charge is 0.365 e. The van der Waals surface area contributed by atoms with Gasteiger partial charge in [-0.05, 0) is 38.0 Å². The molecule has 1 aliphatic heterocycles. The first-order valence-electron chi connectivity index (χ1n) is 8.07. The molecular weight excluding hydrogens is 413 g/mol. The van der Waals surface area contributed by atoms with Crippen molar-refractivity contribution >= 4 is 63.5 Å². The molecule has 2 aromatic heterocycles. The molecule has 0 radical (unpaired) electrons. The van der Waals surface area contributed by atoms with Gasteiger partial charge in [0.05, 0.1) is 16.3 Å². The first-order chi connectivity index (χ1) is 11.8. The van der Waals surface area contributed by atoms with E-state index >= 15 is 0 Å². The molecule has 9 heteroatoms. The number of anilines is 1. The summed E-state index contributed by atoms with van der Waals surface area (Å²) >= 11 is 8.74. The molecule has 2 aromatic rings. The second-order valence-corrected chi connectivity index (χ2v) is 9.22. The Morgan fingerprint density at radius 3 is 2.65 bits per heavy atom. The van der Waals surface area contributed by atoms with E-state index in [4.69, 9.17) is 17.3 Å². The van der Waals surface area contributed by atoms with E-state index in [1.165, 1.54) is 22.7 Å². The van der Waals surface area contributed by atoms with E-state index < -0.39 is 5.91 Å². The fraction of sp³-hybridized carbons (Fsp3) is 0.412. The van der Waals surface area contributed by atoms with Gasteiger partial charge in [0.1, 0.15) is 5.00 Å². The Balaban J connectivity index is 0.00000243. The highest BCUT2D eigenvalue weighted by molar-refractivity contribution is 7.17. The van der Waals surface area contributed by atoms with Crippen molar-refractivity contribution in [2.45, 2.75) is 39.3 Å². The van der Waals surface area contributed by atoms with Crippen LogP contribution in [0, 0.1) is 0 Å². The first kappa shape index (κ1) is 21.2. The van der Waals surface area contributed by atoms with Gasteiger partial charge >= 0.3 is 0 Å². The summed E-state index contributed by atoms with van der Waals surface area (Å²) in [5, 5.41) is 3.44. The van der Waals surface area contributed by atoms with Gasteiger partial charge in [-0.3, -0.25) is 14.5 Å². The molecule has 0 atom stereocenters. The number of fused-ring (bicyclic) bond motifs is 1. The Bertz CT molecular complexity index is 817. The van der Waals surface area contributed by atoms with E-state index in [1.807, 2.05) is 6.07 Å². The molecular formula is C17H21Cl2N3O2S2. The lowest BCUT2D eigenvalue weighted by Gasteiger charge is -2.30. The summed E-state index contributed by atoms with van der Waals surface area (Å²) in [4.78, 5) is 28.7. The van der Waals surface area contributed by atoms with Crippen LogP contribution in [-0.4, -0.2) is 29.3 Å². The average Bonchev–Trinajstić information content (AvgIpc) is 3.08. The summed E-state index contributed by atoms with van der Waals surface area (Å²) in [6.45, 7) is 5.99. The van der Waals surface area contributed by atoms with Crippen LogP contribution in [0.15, 0.2) is 12.1 Å². The van der Waals surface area contributed by atoms with Crippen molar-refractivity contribution in [2.24, 2.45) is 5.73 Å². The molecule has 3 N–H and O–H groups in total. The van der Waals surface area contributed by atoms with Crippen molar-refractivity contribution in [1.82, 2.24) is 4.90 Å². The third kappa shape index (κ3) is 4.58. The van der Waals surface area contributed by atoms with E-state index in [1.54, 1.807) is 6.07 Å². The molecule has 5 nitrogen and oxygen atoms in total. The molecule has 3 heterocycles. The molecule has 0 bridgehead atoms. The highest BCUT2D eigenvalue weighted by Gasteiger charge is 2.28. The topological polar surface area (TPSA) is 75.4 Å². The minimum Gasteiger partial charge on any atom is -0.365 e. The number of carbonyl (C=O) groups is 2. The molecule has 26 heavy (non-hydrogen) atoms. The average molecular weight is 434 g/mol. The summed E-state index contributed by atoms with van der Waals surface area (Å²) in [6.07, 6.45) is 1.01. The van der Waals surface area contributed by atoms with Crippen molar-refractivity contribution in [3.63, 3.8) is 0 Å². The van der Waals surface area contributed by atoms with Gasteiger partial charge in [-0.15, -0.1) is 35.1 Å². The van der Waals surface area contributed by atoms with Crippen molar-refractivity contribution in [1.29, 1.82) is 0 Å². The lowest BCUT2D eigenvalue weighted by Crippen LogP contribution is -2.35. The third-order valence-corrected chi connectivity index (χ3v) is 6.64. The molecule has 2 amide bonds. The number of halogens is 2. The standard InChI is InChI=1S/C17H20ClN3O2S2.ClH/c1-9(2)21-6-5-11-12(8-21)25-17(15(11)16(19)23)20-14(22)7-10-3-4-13(18)24-10;/h3-4,9H,5-8H2,1-2H3,(H2,19,23)(H,20,22);1H. The van der Waals surface area contributed by atoms with Crippen molar-refractivity contribution < 1.29 is 9.59 Å². The van der Waals surface area contributed by atoms with Crippen molar-refractivity contribution in [2.75, 3.05) is 11.9 Å². The second-order valence-electron chi connectivity index (χ2n) is 6.32. The molecule has 1 aliphatic rings. The summed E-state index contributed by atoms with van der Waals surface area (Å²) in [6, 6.07) is 4.05. The lowest BCUT2D eigenvalue weighted by molar-refractivity contribution is -0.115. The zero-order valence-electron chi connectivity index (χ0n) is 14.5. The monoisotopic (exact) mass is 433 g/mol. The number of rotatable bonds is 5. The Morgan fingerprint density at radius 2 is 2.08 bits per heavy atom. The summed E-state index contributed by atoms with van der Waals surface area (Å²) in [7, 11) is 0. The number of nitrogens with one attached hydrogen (secondary N) is 1. The molecule has 142 valence electrons. The number of hydrogen-bond donors (Lipinski definition) is 2. The number of hydrogen-bond acceptors (Lipinski definition) is 5. The fourth-order valence-electron chi connectivity index (χ4n) is 2.99. The second kappa shape index (κ2) is 8.71.